The van der Waals surface area contributed by atoms with Gasteiger partial charge in [-0.1, -0.05) is 19.9 Å². The van der Waals surface area contributed by atoms with Crippen molar-refractivity contribution >= 4 is 5.96 Å². The fourth-order valence-electron chi connectivity index (χ4n) is 2.70. The van der Waals surface area contributed by atoms with Gasteiger partial charge in [-0.25, -0.2) is 8.78 Å². The number of rotatable bonds is 10. The van der Waals surface area contributed by atoms with Crippen LogP contribution >= 0.6 is 0 Å². The predicted molar refractivity (Wildman–Crippen MR) is 101 cm³/mol. The number of benzene rings is 1. The minimum Gasteiger partial charge on any atom is -0.356 e. The van der Waals surface area contributed by atoms with E-state index >= 15 is 0 Å². The van der Waals surface area contributed by atoms with Gasteiger partial charge in [0.15, 0.2) is 5.96 Å². The number of hydrogen-bond donors (Lipinski definition) is 2. The summed E-state index contributed by atoms with van der Waals surface area (Å²) in [6, 6.07) is 3.99. The zero-order chi connectivity index (χ0) is 18.7. The molecule has 0 saturated heterocycles. The van der Waals surface area contributed by atoms with Gasteiger partial charge in [-0.05, 0) is 57.5 Å². The molecule has 4 nitrogen and oxygen atoms in total. The second kappa shape index (κ2) is 11.8. The van der Waals surface area contributed by atoms with E-state index < -0.39 is 11.6 Å². The lowest BCUT2D eigenvalue weighted by Crippen LogP contribution is -2.43. The number of aliphatic imine (C=N–C) groups is 1. The third-order valence-electron chi connectivity index (χ3n) is 4.31. The number of nitrogens with zero attached hydrogens (tertiary/aromatic N) is 2. The summed E-state index contributed by atoms with van der Waals surface area (Å²) < 4.78 is 26.5. The molecule has 0 aliphatic carbocycles. The molecule has 0 spiro atoms. The van der Waals surface area contributed by atoms with Gasteiger partial charge in [0, 0.05) is 25.7 Å². The van der Waals surface area contributed by atoms with Crippen LogP contribution in [0.1, 0.15) is 39.2 Å². The molecule has 1 rings (SSSR count). The summed E-state index contributed by atoms with van der Waals surface area (Å²) in [6.07, 6.45) is 2.67. The van der Waals surface area contributed by atoms with Gasteiger partial charge in [0.25, 0.3) is 0 Å². The standard InChI is InChI=1S/C19H32F2N4/c1-5-25(6-2)13-7-8-15(3)24-19(22-4)23-12-11-16-9-10-17(20)14-18(16)21/h9-10,14-15H,5-8,11-13H2,1-4H3,(H2,22,23,24). The Balaban J connectivity index is 2.31. The molecule has 0 aromatic heterocycles. The van der Waals surface area contributed by atoms with Gasteiger partial charge >= 0.3 is 0 Å². The van der Waals surface area contributed by atoms with Gasteiger partial charge in [-0.3, -0.25) is 4.99 Å². The molecule has 25 heavy (non-hydrogen) atoms. The van der Waals surface area contributed by atoms with E-state index in [2.05, 4.69) is 41.3 Å². The molecule has 0 aliphatic heterocycles. The molecule has 1 aromatic carbocycles. The van der Waals surface area contributed by atoms with E-state index in [-0.39, 0.29) is 0 Å². The first-order chi connectivity index (χ1) is 12.0. The summed E-state index contributed by atoms with van der Waals surface area (Å²) in [7, 11) is 1.72. The van der Waals surface area contributed by atoms with Crippen molar-refractivity contribution in [1.29, 1.82) is 0 Å². The first kappa shape index (κ1) is 21.4. The van der Waals surface area contributed by atoms with Gasteiger partial charge in [0.2, 0.25) is 0 Å². The van der Waals surface area contributed by atoms with E-state index in [1.807, 2.05) is 0 Å². The van der Waals surface area contributed by atoms with Crippen molar-refractivity contribution in [3.05, 3.63) is 35.4 Å². The largest absolute Gasteiger partial charge is 0.356 e. The van der Waals surface area contributed by atoms with Crippen molar-refractivity contribution in [2.45, 2.75) is 46.1 Å². The maximum Gasteiger partial charge on any atom is 0.191 e. The van der Waals surface area contributed by atoms with Crippen molar-refractivity contribution in [3.8, 4) is 0 Å². The summed E-state index contributed by atoms with van der Waals surface area (Å²) >= 11 is 0. The molecule has 6 heteroatoms. The Bertz CT molecular complexity index is 530. The molecule has 142 valence electrons. The molecule has 1 aromatic rings. The maximum atomic E-state index is 13.6. The number of hydrogen-bond acceptors (Lipinski definition) is 2. The van der Waals surface area contributed by atoms with Gasteiger partial charge in [-0.15, -0.1) is 0 Å². The highest BCUT2D eigenvalue weighted by Gasteiger charge is 2.08. The summed E-state index contributed by atoms with van der Waals surface area (Å²) in [5.74, 6) is -0.349. The summed E-state index contributed by atoms with van der Waals surface area (Å²) in [4.78, 5) is 6.62. The van der Waals surface area contributed by atoms with Crippen molar-refractivity contribution in [1.82, 2.24) is 15.5 Å². The molecule has 0 aliphatic rings. The Morgan fingerprint density at radius 3 is 2.56 bits per heavy atom. The van der Waals surface area contributed by atoms with Crippen molar-refractivity contribution in [2.75, 3.05) is 33.2 Å². The maximum absolute atomic E-state index is 13.6. The molecule has 0 bridgehead atoms. The molecule has 1 unspecified atom stereocenters. The lowest BCUT2D eigenvalue weighted by molar-refractivity contribution is 0.292. The van der Waals surface area contributed by atoms with Gasteiger partial charge in [0.1, 0.15) is 11.6 Å². The van der Waals surface area contributed by atoms with E-state index in [4.69, 9.17) is 0 Å². The molecular formula is C19H32F2N4. The highest BCUT2D eigenvalue weighted by atomic mass is 19.1. The Morgan fingerprint density at radius 2 is 1.96 bits per heavy atom. The van der Waals surface area contributed by atoms with Crippen LogP contribution in [0.2, 0.25) is 0 Å². The lowest BCUT2D eigenvalue weighted by Gasteiger charge is -2.21. The summed E-state index contributed by atoms with van der Waals surface area (Å²) in [5, 5.41) is 6.53. The zero-order valence-corrected chi connectivity index (χ0v) is 15.9. The third kappa shape index (κ3) is 8.29. The molecule has 0 amide bonds. The third-order valence-corrected chi connectivity index (χ3v) is 4.31. The van der Waals surface area contributed by atoms with Gasteiger partial charge in [-0.2, -0.15) is 0 Å². The molecule has 0 saturated carbocycles. The molecule has 0 radical (unpaired) electrons. The highest BCUT2D eigenvalue weighted by Crippen LogP contribution is 2.09. The van der Waals surface area contributed by atoms with Crippen LogP contribution in [0, 0.1) is 11.6 Å². The Hall–Kier alpha value is -1.69. The topological polar surface area (TPSA) is 39.7 Å². The van der Waals surface area contributed by atoms with Gasteiger partial charge < -0.3 is 15.5 Å². The van der Waals surface area contributed by atoms with E-state index in [1.165, 1.54) is 12.1 Å². The van der Waals surface area contributed by atoms with Crippen LogP contribution in [0.5, 0.6) is 0 Å². The molecule has 2 N–H and O–H groups in total. The van der Waals surface area contributed by atoms with Crippen LogP contribution in [0.3, 0.4) is 0 Å². The normalized spacial score (nSPS) is 13.2. The Kier molecular flexibility index (Phi) is 10.1. The summed E-state index contributed by atoms with van der Waals surface area (Å²) in [6.45, 7) is 10.3. The fraction of sp³-hybridized carbons (Fsp3) is 0.632. The quantitative estimate of drug-likeness (QED) is 0.501. The number of nitrogens with one attached hydrogen (secondary N) is 2. The van der Waals surface area contributed by atoms with E-state index in [0.717, 1.165) is 38.5 Å². The van der Waals surface area contributed by atoms with E-state index in [9.17, 15) is 8.78 Å². The second-order valence-corrected chi connectivity index (χ2v) is 6.20. The van der Waals surface area contributed by atoms with Crippen LogP contribution in [0.15, 0.2) is 23.2 Å². The minimum atomic E-state index is -0.551. The fourth-order valence-corrected chi connectivity index (χ4v) is 2.70. The Morgan fingerprint density at radius 1 is 1.24 bits per heavy atom. The average molecular weight is 354 g/mol. The van der Waals surface area contributed by atoms with Crippen molar-refractivity contribution in [2.24, 2.45) is 4.99 Å². The SMILES string of the molecule is CCN(CC)CCCC(C)NC(=NC)NCCc1ccc(F)cc1F. The first-order valence-electron chi connectivity index (χ1n) is 9.13. The van der Waals surface area contributed by atoms with Gasteiger partial charge in [0.05, 0.1) is 0 Å². The molecular weight excluding hydrogens is 322 g/mol. The zero-order valence-electron chi connectivity index (χ0n) is 15.9. The van der Waals surface area contributed by atoms with Crippen LogP contribution in [-0.4, -0.2) is 50.1 Å². The average Bonchev–Trinajstić information content (AvgIpc) is 2.59. The van der Waals surface area contributed by atoms with Crippen molar-refractivity contribution < 1.29 is 8.78 Å². The van der Waals surface area contributed by atoms with E-state index in [1.54, 1.807) is 7.05 Å². The first-order valence-corrected chi connectivity index (χ1v) is 9.13. The molecule has 0 heterocycles. The molecule has 0 fully saturated rings. The highest BCUT2D eigenvalue weighted by molar-refractivity contribution is 5.79. The van der Waals surface area contributed by atoms with Crippen LogP contribution in [-0.2, 0) is 6.42 Å². The second-order valence-electron chi connectivity index (χ2n) is 6.20. The summed E-state index contributed by atoms with van der Waals surface area (Å²) in [5.41, 5.74) is 0.497. The Labute approximate surface area is 150 Å². The monoisotopic (exact) mass is 354 g/mol. The predicted octanol–water partition coefficient (Wildman–Crippen LogP) is 3.18. The lowest BCUT2D eigenvalue weighted by atomic mass is 10.1. The minimum absolute atomic E-state index is 0.310. The van der Waals surface area contributed by atoms with Crippen LogP contribution < -0.4 is 10.6 Å². The van der Waals surface area contributed by atoms with E-state index in [0.29, 0.717) is 30.5 Å². The number of halogens is 2. The smallest absolute Gasteiger partial charge is 0.191 e. The molecule has 1 atom stereocenters. The van der Waals surface area contributed by atoms with Crippen LogP contribution in [0.25, 0.3) is 0 Å². The number of guanidine groups is 1. The van der Waals surface area contributed by atoms with Crippen LogP contribution in [0.4, 0.5) is 8.78 Å². The van der Waals surface area contributed by atoms with Crippen molar-refractivity contribution in [3.63, 3.8) is 0 Å².